The smallest absolute Gasteiger partial charge is 0.0191 e. The molecule has 0 bridgehead atoms. The molecule has 1 aromatic rings. The number of rotatable bonds is 1. The van der Waals surface area contributed by atoms with E-state index in [2.05, 4.69) is 48.2 Å². The van der Waals surface area contributed by atoms with Crippen LogP contribution in [0, 0.1) is 0 Å². The van der Waals surface area contributed by atoms with Crippen LogP contribution in [0.1, 0.15) is 13.3 Å². The van der Waals surface area contributed by atoms with Crippen molar-refractivity contribution in [2.75, 3.05) is 0 Å². The zero-order valence-electron chi connectivity index (χ0n) is 7.48. The highest BCUT2D eigenvalue weighted by Crippen LogP contribution is 1.93. The van der Waals surface area contributed by atoms with E-state index in [0.717, 1.165) is 13.0 Å². The minimum atomic E-state index is 1.08. The number of aromatic nitrogens is 1. The zero-order valence-corrected chi connectivity index (χ0v) is 7.48. The van der Waals surface area contributed by atoms with E-state index >= 15 is 0 Å². The number of aryl methyl sites for hydroxylation is 1. The van der Waals surface area contributed by atoms with Crippen molar-refractivity contribution in [3.63, 3.8) is 0 Å². The molecule has 1 aliphatic carbocycles. The van der Waals surface area contributed by atoms with Crippen molar-refractivity contribution in [1.29, 1.82) is 0 Å². The second-order valence-corrected chi connectivity index (χ2v) is 2.61. The van der Waals surface area contributed by atoms with E-state index in [4.69, 9.17) is 0 Å². The van der Waals surface area contributed by atoms with E-state index in [9.17, 15) is 0 Å². The highest BCUT2D eigenvalue weighted by Gasteiger charge is 1.75. The molecule has 0 spiro atoms. The van der Waals surface area contributed by atoms with Gasteiger partial charge < -0.3 is 4.57 Å². The molecule has 1 nitrogen and oxygen atoms in total. The Morgan fingerprint density at radius 3 is 1.92 bits per heavy atom. The molecule has 0 amide bonds. The Hall–Kier alpha value is -1.24. The Morgan fingerprint density at radius 2 is 1.67 bits per heavy atom. The first kappa shape index (κ1) is 8.85. The predicted octanol–water partition coefficient (Wildman–Crippen LogP) is 3.01. The molecule has 64 valence electrons. The van der Waals surface area contributed by atoms with Crippen LogP contribution in [0.5, 0.6) is 0 Å². The molecule has 12 heavy (non-hydrogen) atoms. The van der Waals surface area contributed by atoms with Gasteiger partial charge in [0.1, 0.15) is 0 Å². The molecular weight excluding hydrogens is 146 g/mol. The van der Waals surface area contributed by atoms with Crippen LogP contribution in [0.2, 0.25) is 0 Å². The lowest BCUT2D eigenvalue weighted by atomic mass is 10.5. The molecule has 1 aliphatic rings. The molecule has 1 heteroatoms. The summed E-state index contributed by atoms with van der Waals surface area (Å²) in [6.07, 6.45) is 13.6. The van der Waals surface area contributed by atoms with Crippen LogP contribution < -0.4 is 0 Å². The Kier molecular flexibility index (Phi) is 4.00. The summed E-state index contributed by atoms with van der Waals surface area (Å²) in [5.41, 5.74) is 0. The molecule has 0 saturated carbocycles. The van der Waals surface area contributed by atoms with Crippen molar-refractivity contribution < 1.29 is 0 Å². The first-order valence-electron chi connectivity index (χ1n) is 4.36. The summed E-state index contributed by atoms with van der Waals surface area (Å²) in [5.74, 6) is 0. The lowest BCUT2D eigenvalue weighted by Gasteiger charge is -1.89. The third-order valence-corrected chi connectivity index (χ3v) is 1.69. The maximum absolute atomic E-state index is 2.12. The maximum Gasteiger partial charge on any atom is 0.0191 e. The monoisotopic (exact) mass is 161 g/mol. The topological polar surface area (TPSA) is 4.93 Å². The van der Waals surface area contributed by atoms with Crippen LogP contribution in [0.15, 0.2) is 48.8 Å². The normalized spacial score (nSPS) is 12.8. The van der Waals surface area contributed by atoms with Crippen LogP contribution in [-0.4, -0.2) is 4.57 Å². The predicted molar refractivity (Wildman–Crippen MR) is 53.0 cm³/mol. The van der Waals surface area contributed by atoms with Gasteiger partial charge in [-0.25, -0.2) is 0 Å². The SMILES string of the molecule is C1=CCC=C1.CCn1cccc1. The quantitative estimate of drug-likeness (QED) is 0.596. The summed E-state index contributed by atoms with van der Waals surface area (Å²) in [5, 5.41) is 0. The number of hydrogen-bond donors (Lipinski definition) is 0. The Morgan fingerprint density at radius 1 is 1.08 bits per heavy atom. The third kappa shape index (κ3) is 3.24. The van der Waals surface area contributed by atoms with Crippen molar-refractivity contribution in [2.45, 2.75) is 19.9 Å². The molecule has 0 aromatic carbocycles. The van der Waals surface area contributed by atoms with Crippen LogP contribution in [0.25, 0.3) is 0 Å². The molecule has 0 atom stereocenters. The third-order valence-electron chi connectivity index (χ3n) is 1.69. The minimum Gasteiger partial charge on any atom is -0.355 e. The molecule has 0 fully saturated rings. The van der Waals surface area contributed by atoms with E-state index < -0.39 is 0 Å². The fourth-order valence-electron chi connectivity index (χ4n) is 0.974. The summed E-state index contributed by atoms with van der Waals surface area (Å²) in [7, 11) is 0. The van der Waals surface area contributed by atoms with Gasteiger partial charge in [0, 0.05) is 18.9 Å². The highest BCUT2D eigenvalue weighted by molar-refractivity contribution is 5.11. The lowest BCUT2D eigenvalue weighted by molar-refractivity contribution is 0.769. The second-order valence-electron chi connectivity index (χ2n) is 2.61. The summed E-state index contributed by atoms with van der Waals surface area (Å²) in [4.78, 5) is 0. The average molecular weight is 161 g/mol. The van der Waals surface area contributed by atoms with Gasteiger partial charge in [-0.3, -0.25) is 0 Å². The van der Waals surface area contributed by atoms with Crippen molar-refractivity contribution in [3.05, 3.63) is 48.8 Å². The van der Waals surface area contributed by atoms with Gasteiger partial charge in [0.25, 0.3) is 0 Å². The van der Waals surface area contributed by atoms with Gasteiger partial charge in [-0.05, 0) is 25.5 Å². The molecule has 0 N–H and O–H groups in total. The molecule has 0 aliphatic heterocycles. The van der Waals surface area contributed by atoms with Gasteiger partial charge in [0.15, 0.2) is 0 Å². The summed E-state index contributed by atoms with van der Waals surface area (Å²) in [6, 6.07) is 4.06. The van der Waals surface area contributed by atoms with Crippen LogP contribution in [0.3, 0.4) is 0 Å². The second kappa shape index (κ2) is 5.42. The zero-order chi connectivity index (χ0) is 8.65. The summed E-state index contributed by atoms with van der Waals surface area (Å²) in [6.45, 7) is 3.20. The van der Waals surface area contributed by atoms with Gasteiger partial charge in [-0.15, -0.1) is 0 Å². The molecule has 0 saturated heterocycles. The van der Waals surface area contributed by atoms with Crippen molar-refractivity contribution in [1.82, 2.24) is 4.57 Å². The summed E-state index contributed by atoms with van der Waals surface area (Å²) < 4.78 is 2.12. The Balaban J connectivity index is 0.000000127. The molecular formula is C11H15N. The van der Waals surface area contributed by atoms with Gasteiger partial charge >= 0.3 is 0 Å². The number of allylic oxidation sites excluding steroid dienone is 4. The van der Waals surface area contributed by atoms with Gasteiger partial charge in [-0.1, -0.05) is 24.3 Å². The average Bonchev–Trinajstić information content (AvgIpc) is 2.81. The van der Waals surface area contributed by atoms with E-state index in [0.29, 0.717) is 0 Å². The van der Waals surface area contributed by atoms with E-state index in [1.54, 1.807) is 0 Å². The van der Waals surface area contributed by atoms with Crippen LogP contribution in [0.4, 0.5) is 0 Å². The van der Waals surface area contributed by atoms with Gasteiger partial charge in [0.2, 0.25) is 0 Å². The van der Waals surface area contributed by atoms with Crippen molar-refractivity contribution >= 4 is 0 Å². The van der Waals surface area contributed by atoms with E-state index in [1.165, 1.54) is 0 Å². The minimum absolute atomic E-state index is 1.08. The van der Waals surface area contributed by atoms with Gasteiger partial charge in [-0.2, -0.15) is 0 Å². The standard InChI is InChI=1S/C6H9N.C5H6/c1-2-7-5-3-4-6-7;1-2-4-5-3-1/h3-6H,2H2,1H3;1-4H,5H2. The fourth-order valence-corrected chi connectivity index (χ4v) is 0.974. The van der Waals surface area contributed by atoms with Crippen molar-refractivity contribution in [3.8, 4) is 0 Å². The first-order chi connectivity index (χ1) is 5.93. The largest absolute Gasteiger partial charge is 0.355 e. The lowest BCUT2D eigenvalue weighted by Crippen LogP contribution is -1.85. The van der Waals surface area contributed by atoms with Gasteiger partial charge in [0.05, 0.1) is 0 Å². The van der Waals surface area contributed by atoms with E-state index in [-0.39, 0.29) is 0 Å². The molecule has 1 aromatic heterocycles. The molecule has 1 heterocycles. The summed E-state index contributed by atoms with van der Waals surface area (Å²) >= 11 is 0. The van der Waals surface area contributed by atoms with Crippen LogP contribution in [-0.2, 0) is 6.54 Å². The first-order valence-corrected chi connectivity index (χ1v) is 4.36. The van der Waals surface area contributed by atoms with E-state index in [1.807, 2.05) is 12.1 Å². The Labute approximate surface area is 74.0 Å². The van der Waals surface area contributed by atoms with Crippen LogP contribution >= 0.6 is 0 Å². The fraction of sp³-hybridized carbons (Fsp3) is 0.273. The number of nitrogens with zero attached hydrogens (tertiary/aromatic N) is 1. The number of hydrogen-bond acceptors (Lipinski definition) is 0. The molecule has 0 radical (unpaired) electrons. The Bertz CT molecular complexity index is 232. The molecule has 2 rings (SSSR count). The highest BCUT2D eigenvalue weighted by atomic mass is 14.9. The van der Waals surface area contributed by atoms with Crippen molar-refractivity contribution in [2.24, 2.45) is 0 Å². The molecule has 0 unspecified atom stereocenters. The maximum atomic E-state index is 2.12.